The minimum absolute atomic E-state index is 0.189. The summed E-state index contributed by atoms with van der Waals surface area (Å²) in [5.74, 6) is 2.18. The van der Waals surface area contributed by atoms with E-state index in [4.69, 9.17) is 9.47 Å². The highest BCUT2D eigenvalue weighted by Crippen LogP contribution is 2.46. The van der Waals surface area contributed by atoms with Gasteiger partial charge in [0.05, 0.1) is 16.5 Å². The maximum absolute atomic E-state index is 9.75. The summed E-state index contributed by atoms with van der Waals surface area (Å²) in [5.41, 5.74) is 11.0. The zero-order chi connectivity index (χ0) is 41.6. The maximum Gasteiger partial charge on any atom is 0.673 e. The van der Waals surface area contributed by atoms with E-state index >= 15 is 0 Å². The molecule has 4 aliphatic rings. The monoisotopic (exact) mass is 802 g/mol. The SMILES string of the molecule is CCCCn1c(=CC=CC2=CC(=CC=CC3=[N+](CCCC)c4cc5c(c6cccc3c46)OC(C)C5)CC(C)(C)C2)c2cccc3c4c(cc1c32)CC(C)O4.F[B-](F)(F)F. The lowest BCUT2D eigenvalue weighted by molar-refractivity contribution is -0.436. The number of hydrogen-bond acceptors (Lipinski definition) is 2. The molecule has 59 heavy (non-hydrogen) atoms. The van der Waals surface area contributed by atoms with Crippen LogP contribution in [0.3, 0.4) is 0 Å². The van der Waals surface area contributed by atoms with E-state index in [0.29, 0.717) is 0 Å². The molecule has 0 amide bonds. The number of benzene rings is 4. The van der Waals surface area contributed by atoms with Crippen LogP contribution in [0.5, 0.6) is 11.5 Å². The smallest absolute Gasteiger partial charge is 0.489 e. The highest BCUT2D eigenvalue weighted by Gasteiger charge is 2.35. The third kappa shape index (κ3) is 8.27. The highest BCUT2D eigenvalue weighted by molar-refractivity contribution is 6.50. The van der Waals surface area contributed by atoms with Gasteiger partial charge in [0, 0.05) is 76.0 Å². The molecule has 1 aliphatic carbocycles. The number of rotatable bonds is 10. The van der Waals surface area contributed by atoms with E-state index in [-0.39, 0.29) is 17.6 Å². The molecular weight excluding hydrogens is 747 g/mol. The highest BCUT2D eigenvalue weighted by atomic mass is 19.5. The number of allylic oxidation sites excluding steroid dienone is 8. The van der Waals surface area contributed by atoms with Gasteiger partial charge < -0.3 is 31.3 Å². The summed E-state index contributed by atoms with van der Waals surface area (Å²) in [6, 6.07) is 18.3. The van der Waals surface area contributed by atoms with Crippen molar-refractivity contribution < 1.29 is 31.3 Å². The lowest BCUT2D eigenvalue weighted by Crippen LogP contribution is -2.17. The molecule has 0 saturated carbocycles. The second-order valence-electron chi connectivity index (χ2n) is 17.6. The van der Waals surface area contributed by atoms with Crippen LogP contribution in [0.15, 0.2) is 96.1 Å². The number of hydrogen-bond donors (Lipinski definition) is 0. The molecule has 0 spiro atoms. The fraction of sp³-hybridized carbons (Fsp3) is 0.380. The van der Waals surface area contributed by atoms with Crippen molar-refractivity contribution in [3.05, 3.63) is 118 Å². The van der Waals surface area contributed by atoms with Gasteiger partial charge >= 0.3 is 7.25 Å². The summed E-state index contributed by atoms with van der Waals surface area (Å²) in [4.78, 5) is 0. The average molecular weight is 803 g/mol. The summed E-state index contributed by atoms with van der Waals surface area (Å²) in [7, 11) is -6.00. The molecule has 4 nitrogen and oxygen atoms in total. The third-order valence-electron chi connectivity index (χ3n) is 12.0. The molecule has 2 unspecified atom stereocenters. The Kier molecular flexibility index (Phi) is 11.2. The molecule has 9 heteroatoms. The van der Waals surface area contributed by atoms with Crippen LogP contribution in [0.4, 0.5) is 23.0 Å². The number of ether oxygens (including phenoxy) is 2. The molecular formula is C50H55BF4N2O2. The van der Waals surface area contributed by atoms with Gasteiger partial charge in [0.25, 0.3) is 0 Å². The normalized spacial score (nSPS) is 20.6. The van der Waals surface area contributed by atoms with Crippen molar-refractivity contribution in [3.63, 3.8) is 0 Å². The number of nitrogens with zero attached hydrogens (tertiary/aromatic N) is 2. The van der Waals surface area contributed by atoms with E-state index in [2.05, 4.69) is 142 Å². The number of unbranched alkanes of at least 4 members (excludes halogenated alkanes) is 2. The number of aromatic nitrogens is 1. The number of aryl methyl sites for hydroxylation is 1. The van der Waals surface area contributed by atoms with Crippen molar-refractivity contribution in [2.45, 2.75) is 112 Å². The summed E-state index contributed by atoms with van der Waals surface area (Å²) >= 11 is 0. The lowest BCUT2D eigenvalue weighted by atomic mass is 9.75. The topological polar surface area (TPSA) is 26.4 Å². The second-order valence-corrected chi connectivity index (χ2v) is 17.6. The van der Waals surface area contributed by atoms with Crippen LogP contribution in [0.25, 0.3) is 38.5 Å². The average Bonchev–Trinajstić information content (AvgIpc) is 3.90. The summed E-state index contributed by atoms with van der Waals surface area (Å²) in [6.45, 7) is 15.8. The van der Waals surface area contributed by atoms with Crippen LogP contribution < -0.4 is 14.8 Å². The maximum atomic E-state index is 9.75. The van der Waals surface area contributed by atoms with Crippen LogP contribution in [0, 0.1) is 5.41 Å². The molecule has 0 bridgehead atoms. The number of halogens is 4. The Bertz CT molecular complexity index is 2650. The first-order valence-electron chi connectivity index (χ1n) is 21.5. The second kappa shape index (κ2) is 16.2. The lowest BCUT2D eigenvalue weighted by Gasteiger charge is -2.30. The zero-order valence-electron chi connectivity index (χ0n) is 35.2. The Morgan fingerprint density at radius 1 is 0.797 bits per heavy atom. The van der Waals surface area contributed by atoms with E-state index in [1.165, 1.54) is 89.9 Å². The molecule has 308 valence electrons. The molecule has 0 saturated heterocycles. The Hall–Kier alpha value is -5.05. The van der Waals surface area contributed by atoms with Gasteiger partial charge in [-0.2, -0.15) is 4.58 Å². The van der Waals surface area contributed by atoms with Crippen LogP contribution in [0.2, 0.25) is 0 Å². The molecule has 0 radical (unpaired) electrons. The van der Waals surface area contributed by atoms with Gasteiger partial charge in [0.15, 0.2) is 0 Å². The van der Waals surface area contributed by atoms with E-state index < -0.39 is 7.25 Å². The molecule has 4 aromatic carbocycles. The first kappa shape index (κ1) is 40.7. The fourth-order valence-electron chi connectivity index (χ4n) is 9.80. The molecule has 3 aliphatic heterocycles. The van der Waals surface area contributed by atoms with Crippen LogP contribution >= 0.6 is 0 Å². The van der Waals surface area contributed by atoms with Crippen molar-refractivity contribution in [2.24, 2.45) is 5.41 Å². The minimum Gasteiger partial charge on any atom is -0.489 e. The Labute approximate surface area is 345 Å². The molecule has 0 fully saturated rings. The third-order valence-corrected chi connectivity index (χ3v) is 12.0. The zero-order valence-corrected chi connectivity index (χ0v) is 35.2. The first-order chi connectivity index (χ1) is 28.2. The quantitative estimate of drug-likeness (QED) is 0.0799. The predicted molar refractivity (Wildman–Crippen MR) is 237 cm³/mol. The van der Waals surface area contributed by atoms with E-state index in [1.54, 1.807) is 0 Å². The van der Waals surface area contributed by atoms with Gasteiger partial charge in [0.1, 0.15) is 30.3 Å². The van der Waals surface area contributed by atoms with Crippen molar-refractivity contribution in [2.75, 3.05) is 6.54 Å². The van der Waals surface area contributed by atoms with Crippen molar-refractivity contribution in [1.82, 2.24) is 4.57 Å². The van der Waals surface area contributed by atoms with Crippen LogP contribution in [-0.4, -0.2) is 40.9 Å². The van der Waals surface area contributed by atoms with E-state index in [9.17, 15) is 17.3 Å². The Balaban J connectivity index is 0.000000915. The molecule has 9 rings (SSSR count). The fourth-order valence-corrected chi connectivity index (χ4v) is 9.80. The minimum atomic E-state index is -6.00. The summed E-state index contributed by atoms with van der Waals surface area (Å²) in [5, 5.41) is 7.83. The van der Waals surface area contributed by atoms with Gasteiger partial charge in [-0.25, -0.2) is 0 Å². The van der Waals surface area contributed by atoms with Gasteiger partial charge in [0.2, 0.25) is 11.4 Å². The van der Waals surface area contributed by atoms with Gasteiger partial charge in [-0.3, -0.25) is 0 Å². The van der Waals surface area contributed by atoms with Gasteiger partial charge in [-0.1, -0.05) is 101 Å². The first-order valence-corrected chi connectivity index (χ1v) is 21.5. The predicted octanol–water partition coefficient (Wildman–Crippen LogP) is 12.9. The van der Waals surface area contributed by atoms with E-state index in [0.717, 1.165) is 63.1 Å². The molecule has 1 aromatic heterocycles. The van der Waals surface area contributed by atoms with Crippen molar-refractivity contribution in [3.8, 4) is 11.5 Å². The van der Waals surface area contributed by atoms with Crippen molar-refractivity contribution >= 4 is 57.2 Å². The van der Waals surface area contributed by atoms with Gasteiger partial charge in [-0.05, 0) is 67.9 Å². The van der Waals surface area contributed by atoms with Crippen molar-refractivity contribution in [1.29, 1.82) is 0 Å². The van der Waals surface area contributed by atoms with E-state index in [1.807, 2.05) is 0 Å². The standard InChI is InChI=1S/C50H55N2O2.BF4/c1-7-9-23-51-42(38-17-13-19-40-46(38)44(51)28-36-25-32(3)53-48(36)40)21-11-15-34-27-35(31-50(5,6)30-34)16-12-22-43-39-18-14-20-41-47(39)45(52(43)24-10-8-2)29-37-26-33(4)54-49(37)41;2-1(3,4)5/h11-22,27-29,32-33H,7-10,23-26,30-31H2,1-6H3;/q+1;-1. The largest absolute Gasteiger partial charge is 0.673 e. The summed E-state index contributed by atoms with van der Waals surface area (Å²) in [6.07, 6.45) is 25.7. The molecule has 5 aromatic rings. The Morgan fingerprint density at radius 3 is 2.12 bits per heavy atom. The summed E-state index contributed by atoms with van der Waals surface area (Å²) < 4.78 is 56.8. The molecule has 2 atom stereocenters. The molecule has 0 N–H and O–H groups in total. The Morgan fingerprint density at radius 2 is 1.42 bits per heavy atom. The van der Waals surface area contributed by atoms with Crippen LogP contribution in [0.1, 0.15) is 96.8 Å². The molecule has 4 heterocycles. The van der Waals surface area contributed by atoms with Gasteiger partial charge in [-0.15, -0.1) is 0 Å². The number of fused-ring (bicyclic) bond motifs is 4. The van der Waals surface area contributed by atoms with Crippen LogP contribution in [-0.2, 0) is 19.4 Å².